The quantitative estimate of drug-likeness (QED) is 0.678. The Balaban J connectivity index is 1.54. The summed E-state index contributed by atoms with van der Waals surface area (Å²) in [6, 6.07) is 4.98. The molecule has 0 saturated carbocycles. The van der Waals surface area contributed by atoms with Crippen molar-refractivity contribution in [1.82, 2.24) is 20.4 Å². The molecule has 3 aliphatic heterocycles. The molecule has 2 saturated heterocycles. The fourth-order valence-corrected chi connectivity index (χ4v) is 4.70. The van der Waals surface area contributed by atoms with Gasteiger partial charge in [-0.15, -0.1) is 0 Å². The van der Waals surface area contributed by atoms with Gasteiger partial charge in [0.15, 0.2) is 0 Å². The van der Waals surface area contributed by atoms with Gasteiger partial charge in [-0.05, 0) is 63.0 Å². The highest BCUT2D eigenvalue weighted by Crippen LogP contribution is 2.29. The van der Waals surface area contributed by atoms with Crippen LogP contribution >= 0.6 is 0 Å². The van der Waals surface area contributed by atoms with Crippen molar-refractivity contribution in [1.29, 1.82) is 0 Å². The van der Waals surface area contributed by atoms with E-state index in [4.69, 9.17) is 0 Å². The Morgan fingerprint density at radius 1 is 1.03 bits per heavy atom. The van der Waals surface area contributed by atoms with Gasteiger partial charge in [-0.2, -0.15) is 0 Å². The van der Waals surface area contributed by atoms with E-state index >= 15 is 0 Å². The number of nitrogens with zero attached hydrogens (tertiary/aromatic N) is 2. The number of carbonyl (C=O) groups is 4. The molecule has 2 fully saturated rings. The van der Waals surface area contributed by atoms with Gasteiger partial charge < -0.3 is 5.32 Å². The second kappa shape index (κ2) is 8.65. The number of hydrogen-bond donors (Lipinski definition) is 2. The number of fused-ring (bicyclic) bond motifs is 1. The number of hydrogen-bond acceptors (Lipinski definition) is 6. The maximum Gasteiger partial charge on any atom is 0.262 e. The number of piperidine rings is 2. The van der Waals surface area contributed by atoms with Crippen molar-refractivity contribution in [3.8, 4) is 0 Å². The van der Waals surface area contributed by atoms with Gasteiger partial charge in [-0.25, -0.2) is 0 Å². The first-order valence-corrected chi connectivity index (χ1v) is 10.8. The molecule has 4 rings (SSSR count). The van der Waals surface area contributed by atoms with Gasteiger partial charge in [-0.3, -0.25) is 34.3 Å². The number of rotatable bonds is 6. The zero-order chi connectivity index (χ0) is 21.3. The molecule has 1 atom stereocenters. The van der Waals surface area contributed by atoms with Gasteiger partial charge in [0.2, 0.25) is 11.8 Å². The molecule has 0 bridgehead atoms. The molecule has 0 aliphatic carbocycles. The van der Waals surface area contributed by atoms with Crippen molar-refractivity contribution in [2.75, 3.05) is 19.6 Å². The van der Waals surface area contributed by atoms with Crippen molar-refractivity contribution in [2.45, 2.75) is 57.7 Å². The van der Waals surface area contributed by atoms with Crippen molar-refractivity contribution in [3.05, 3.63) is 34.9 Å². The molecule has 1 aromatic carbocycles. The van der Waals surface area contributed by atoms with Crippen molar-refractivity contribution in [3.63, 3.8) is 0 Å². The Morgan fingerprint density at radius 2 is 1.77 bits per heavy atom. The lowest BCUT2D eigenvalue weighted by Crippen LogP contribution is -2.54. The molecular formula is C22H28N4O4. The van der Waals surface area contributed by atoms with Crippen molar-refractivity contribution >= 4 is 23.6 Å². The Kier molecular flexibility index (Phi) is 5.97. The molecule has 30 heavy (non-hydrogen) atoms. The third-order valence-electron chi connectivity index (χ3n) is 6.23. The minimum Gasteiger partial charge on any atom is -0.317 e. The summed E-state index contributed by atoms with van der Waals surface area (Å²) in [6.45, 7) is 5.91. The third kappa shape index (κ3) is 3.89. The van der Waals surface area contributed by atoms with Gasteiger partial charge in [0.1, 0.15) is 6.04 Å². The van der Waals surface area contributed by atoms with E-state index in [9.17, 15) is 19.2 Å². The summed E-state index contributed by atoms with van der Waals surface area (Å²) >= 11 is 0. The van der Waals surface area contributed by atoms with Crippen LogP contribution in [0.15, 0.2) is 18.2 Å². The van der Waals surface area contributed by atoms with Crippen LogP contribution in [0.25, 0.3) is 0 Å². The molecule has 0 spiro atoms. The Morgan fingerprint density at radius 3 is 2.47 bits per heavy atom. The smallest absolute Gasteiger partial charge is 0.262 e. The zero-order valence-electron chi connectivity index (χ0n) is 17.3. The van der Waals surface area contributed by atoms with E-state index in [2.05, 4.69) is 22.5 Å². The molecule has 3 aliphatic rings. The SMILES string of the molecule is CCCN(Cc1ccc2c(c1)C(=O)N(C1CCC(=O)NC1=O)C2=O)C1CCNCC1. The monoisotopic (exact) mass is 412 g/mol. The van der Waals surface area contributed by atoms with Crippen LogP contribution in [-0.2, 0) is 16.1 Å². The molecule has 160 valence electrons. The summed E-state index contributed by atoms with van der Waals surface area (Å²) in [6.07, 6.45) is 3.55. The number of amides is 4. The lowest BCUT2D eigenvalue weighted by atomic mass is 10.0. The van der Waals surface area contributed by atoms with Crippen molar-refractivity contribution < 1.29 is 19.2 Å². The Labute approximate surface area is 176 Å². The van der Waals surface area contributed by atoms with Crippen LogP contribution in [-0.4, -0.2) is 65.1 Å². The van der Waals surface area contributed by atoms with Gasteiger partial charge in [0, 0.05) is 19.0 Å². The van der Waals surface area contributed by atoms with E-state index in [1.807, 2.05) is 6.07 Å². The maximum absolute atomic E-state index is 13.0. The van der Waals surface area contributed by atoms with Crippen molar-refractivity contribution in [2.24, 2.45) is 0 Å². The van der Waals surface area contributed by atoms with Crippen LogP contribution in [0.2, 0.25) is 0 Å². The average Bonchev–Trinajstić information content (AvgIpc) is 2.99. The molecule has 0 aromatic heterocycles. The highest BCUT2D eigenvalue weighted by molar-refractivity contribution is 6.23. The van der Waals surface area contributed by atoms with Crippen LogP contribution in [0.4, 0.5) is 0 Å². The first-order valence-electron chi connectivity index (χ1n) is 10.8. The molecule has 8 nitrogen and oxygen atoms in total. The molecule has 4 amide bonds. The summed E-state index contributed by atoms with van der Waals surface area (Å²) in [4.78, 5) is 53.0. The van der Waals surface area contributed by atoms with Gasteiger partial charge in [-0.1, -0.05) is 13.0 Å². The molecule has 3 heterocycles. The first-order chi connectivity index (χ1) is 14.5. The summed E-state index contributed by atoms with van der Waals surface area (Å²) in [5, 5.41) is 5.62. The van der Waals surface area contributed by atoms with Gasteiger partial charge in [0.05, 0.1) is 11.1 Å². The van der Waals surface area contributed by atoms with Gasteiger partial charge in [0.25, 0.3) is 11.8 Å². The zero-order valence-corrected chi connectivity index (χ0v) is 17.3. The fourth-order valence-electron chi connectivity index (χ4n) is 4.70. The van der Waals surface area contributed by atoms with Gasteiger partial charge >= 0.3 is 0 Å². The van der Waals surface area contributed by atoms with Crippen LogP contribution < -0.4 is 10.6 Å². The van der Waals surface area contributed by atoms with E-state index in [-0.39, 0.29) is 18.7 Å². The van der Waals surface area contributed by atoms with E-state index in [1.54, 1.807) is 12.1 Å². The van der Waals surface area contributed by atoms with E-state index in [0.717, 1.165) is 55.9 Å². The minimum atomic E-state index is -0.926. The molecule has 1 aromatic rings. The minimum absolute atomic E-state index is 0.122. The second-order valence-electron chi connectivity index (χ2n) is 8.28. The van der Waals surface area contributed by atoms with E-state index in [1.165, 1.54) is 0 Å². The maximum atomic E-state index is 13.0. The van der Waals surface area contributed by atoms with Crippen LogP contribution in [0, 0.1) is 0 Å². The first kappa shape index (κ1) is 20.7. The summed E-state index contributed by atoms with van der Waals surface area (Å²) < 4.78 is 0. The molecule has 0 radical (unpaired) electrons. The second-order valence-corrected chi connectivity index (χ2v) is 8.28. The number of carbonyl (C=O) groups excluding carboxylic acids is 4. The van der Waals surface area contributed by atoms with E-state index in [0.29, 0.717) is 17.2 Å². The third-order valence-corrected chi connectivity index (χ3v) is 6.23. The summed E-state index contributed by atoms with van der Waals surface area (Å²) in [5.41, 5.74) is 1.67. The van der Waals surface area contributed by atoms with Crippen LogP contribution in [0.5, 0.6) is 0 Å². The summed E-state index contributed by atoms with van der Waals surface area (Å²) in [5.74, 6) is -1.86. The van der Waals surface area contributed by atoms with Crippen LogP contribution in [0.1, 0.15) is 65.3 Å². The standard InChI is InChI=1S/C22H28N4O4/c1-2-11-25(15-7-9-23-10-8-15)13-14-3-4-16-17(12-14)22(30)26(21(16)29)18-5-6-19(27)24-20(18)28/h3-4,12,15,18,23H,2,5-11,13H2,1H3,(H,24,27,28). The normalized spacial score (nSPS) is 22.6. The molecular weight excluding hydrogens is 384 g/mol. The van der Waals surface area contributed by atoms with E-state index < -0.39 is 23.8 Å². The highest BCUT2D eigenvalue weighted by Gasteiger charge is 2.44. The molecule has 1 unspecified atom stereocenters. The number of imide groups is 2. The molecule has 2 N–H and O–H groups in total. The lowest BCUT2D eigenvalue weighted by molar-refractivity contribution is -0.136. The fraction of sp³-hybridized carbons (Fsp3) is 0.545. The summed E-state index contributed by atoms with van der Waals surface area (Å²) in [7, 11) is 0. The van der Waals surface area contributed by atoms with Crippen LogP contribution in [0.3, 0.4) is 0 Å². The lowest BCUT2D eigenvalue weighted by Gasteiger charge is -2.34. The Bertz CT molecular complexity index is 878. The Hall–Kier alpha value is -2.58. The topological polar surface area (TPSA) is 98.8 Å². The highest BCUT2D eigenvalue weighted by atomic mass is 16.2. The predicted molar refractivity (Wildman–Crippen MR) is 110 cm³/mol. The average molecular weight is 412 g/mol. The largest absolute Gasteiger partial charge is 0.317 e. The molecule has 8 heteroatoms. The number of benzene rings is 1. The predicted octanol–water partition coefficient (Wildman–Crippen LogP) is 1.05. The number of nitrogens with one attached hydrogen (secondary N) is 2.